The van der Waals surface area contributed by atoms with Gasteiger partial charge in [-0.05, 0) is 31.0 Å². The van der Waals surface area contributed by atoms with E-state index in [4.69, 9.17) is 17.3 Å². The van der Waals surface area contributed by atoms with Crippen LogP contribution in [0.4, 0.5) is 16.2 Å². The van der Waals surface area contributed by atoms with Gasteiger partial charge in [0.15, 0.2) is 5.65 Å². The summed E-state index contributed by atoms with van der Waals surface area (Å²) in [5.41, 5.74) is 7.93. The van der Waals surface area contributed by atoms with Crippen LogP contribution in [0.5, 0.6) is 0 Å². The number of anilines is 2. The largest absolute Gasteiger partial charge is 0.383 e. The SMILES string of the molecule is Cn1nc2nc(NC3CCCC3)nc(-c3ccc(F)c(Cl)c3)c2c1N. The van der Waals surface area contributed by atoms with Gasteiger partial charge < -0.3 is 11.1 Å². The lowest BCUT2D eigenvalue weighted by Crippen LogP contribution is -2.17. The van der Waals surface area contributed by atoms with Crippen molar-refractivity contribution in [2.45, 2.75) is 31.7 Å². The predicted molar refractivity (Wildman–Crippen MR) is 97.0 cm³/mol. The number of aromatic nitrogens is 4. The molecule has 6 nitrogen and oxygen atoms in total. The first kappa shape index (κ1) is 16.1. The summed E-state index contributed by atoms with van der Waals surface area (Å²) in [5, 5.41) is 8.43. The van der Waals surface area contributed by atoms with Crippen LogP contribution in [-0.4, -0.2) is 25.8 Å². The monoisotopic (exact) mass is 360 g/mol. The van der Waals surface area contributed by atoms with Crippen LogP contribution in [0.15, 0.2) is 18.2 Å². The van der Waals surface area contributed by atoms with Crippen LogP contribution in [0.25, 0.3) is 22.3 Å². The summed E-state index contributed by atoms with van der Waals surface area (Å²) in [6, 6.07) is 4.87. The number of hydrogen-bond acceptors (Lipinski definition) is 5. The van der Waals surface area contributed by atoms with Crippen LogP contribution in [0.1, 0.15) is 25.7 Å². The van der Waals surface area contributed by atoms with E-state index in [1.165, 1.54) is 18.9 Å². The first-order chi connectivity index (χ1) is 12.0. The molecule has 0 radical (unpaired) electrons. The molecule has 0 unspecified atom stereocenters. The molecule has 25 heavy (non-hydrogen) atoms. The molecule has 1 aliphatic rings. The van der Waals surface area contributed by atoms with Crippen molar-refractivity contribution in [2.24, 2.45) is 7.05 Å². The van der Waals surface area contributed by atoms with Gasteiger partial charge in [-0.3, -0.25) is 4.68 Å². The van der Waals surface area contributed by atoms with Gasteiger partial charge in [-0.25, -0.2) is 9.37 Å². The maximum Gasteiger partial charge on any atom is 0.225 e. The molecule has 4 rings (SSSR count). The Balaban J connectivity index is 1.88. The number of rotatable bonds is 3. The Kier molecular flexibility index (Phi) is 3.95. The van der Waals surface area contributed by atoms with Crippen molar-refractivity contribution in [2.75, 3.05) is 11.1 Å². The fourth-order valence-electron chi connectivity index (χ4n) is 3.28. The quantitative estimate of drug-likeness (QED) is 0.743. The van der Waals surface area contributed by atoms with Crippen LogP contribution in [0, 0.1) is 5.82 Å². The number of fused-ring (bicyclic) bond motifs is 1. The molecule has 3 aromatic rings. The van der Waals surface area contributed by atoms with Gasteiger partial charge in [0.25, 0.3) is 0 Å². The van der Waals surface area contributed by atoms with Crippen LogP contribution >= 0.6 is 11.6 Å². The number of nitrogens with zero attached hydrogens (tertiary/aromatic N) is 4. The minimum atomic E-state index is -0.473. The van der Waals surface area contributed by atoms with Crippen LogP contribution in [0.3, 0.4) is 0 Å². The van der Waals surface area contributed by atoms with Crippen molar-refractivity contribution < 1.29 is 4.39 Å². The standard InChI is InChI=1S/C17H18ClFN6/c1-25-15(20)13-14(9-6-7-12(19)11(18)8-9)22-17(23-16(13)24-25)21-10-4-2-3-5-10/h6-8,10H,2-5,20H2,1H3,(H,21,23,24). The highest BCUT2D eigenvalue weighted by Crippen LogP contribution is 2.33. The average Bonchev–Trinajstić information content (AvgIpc) is 3.18. The van der Waals surface area contributed by atoms with E-state index >= 15 is 0 Å². The van der Waals surface area contributed by atoms with Crippen molar-refractivity contribution in [3.05, 3.63) is 29.0 Å². The summed E-state index contributed by atoms with van der Waals surface area (Å²) in [4.78, 5) is 9.15. The zero-order valence-electron chi connectivity index (χ0n) is 13.8. The molecule has 0 spiro atoms. The van der Waals surface area contributed by atoms with Gasteiger partial charge in [0.2, 0.25) is 5.95 Å². The van der Waals surface area contributed by atoms with Gasteiger partial charge in [0, 0.05) is 18.7 Å². The molecule has 1 aromatic carbocycles. The number of nitrogens with one attached hydrogen (secondary N) is 1. The second-order valence-electron chi connectivity index (χ2n) is 6.36. The molecule has 0 aliphatic heterocycles. The van der Waals surface area contributed by atoms with Crippen molar-refractivity contribution in [3.8, 4) is 11.3 Å². The number of halogens is 2. The highest BCUT2D eigenvalue weighted by molar-refractivity contribution is 6.31. The first-order valence-electron chi connectivity index (χ1n) is 8.25. The molecular formula is C17H18ClFN6. The highest BCUT2D eigenvalue weighted by atomic mass is 35.5. The topological polar surface area (TPSA) is 81.7 Å². The summed E-state index contributed by atoms with van der Waals surface area (Å²) < 4.78 is 15.1. The number of nitrogens with two attached hydrogens (primary N) is 1. The maximum atomic E-state index is 13.5. The van der Waals surface area contributed by atoms with Gasteiger partial charge >= 0.3 is 0 Å². The van der Waals surface area contributed by atoms with E-state index in [0.717, 1.165) is 12.8 Å². The van der Waals surface area contributed by atoms with Crippen molar-refractivity contribution in [1.82, 2.24) is 19.7 Å². The molecule has 130 valence electrons. The molecule has 1 aliphatic carbocycles. The number of nitrogen functional groups attached to an aromatic ring is 1. The maximum absolute atomic E-state index is 13.5. The Morgan fingerprint density at radius 3 is 2.76 bits per heavy atom. The zero-order chi connectivity index (χ0) is 17.6. The molecule has 8 heteroatoms. The smallest absolute Gasteiger partial charge is 0.225 e. The minimum Gasteiger partial charge on any atom is -0.383 e. The fraction of sp³-hybridized carbons (Fsp3) is 0.353. The zero-order valence-corrected chi connectivity index (χ0v) is 14.5. The third-order valence-electron chi connectivity index (χ3n) is 4.62. The lowest BCUT2D eigenvalue weighted by molar-refractivity contribution is 0.628. The Bertz CT molecular complexity index is 948. The second kappa shape index (κ2) is 6.15. The second-order valence-corrected chi connectivity index (χ2v) is 6.77. The molecule has 2 aromatic heterocycles. The Labute approximate surface area is 149 Å². The van der Waals surface area contributed by atoms with E-state index in [0.29, 0.717) is 40.1 Å². The number of benzene rings is 1. The summed E-state index contributed by atoms with van der Waals surface area (Å²) in [7, 11) is 1.75. The van der Waals surface area contributed by atoms with Crippen molar-refractivity contribution in [1.29, 1.82) is 0 Å². The molecule has 0 atom stereocenters. The molecular weight excluding hydrogens is 343 g/mol. The third kappa shape index (κ3) is 2.89. The van der Waals surface area contributed by atoms with Gasteiger partial charge in [-0.2, -0.15) is 10.1 Å². The van der Waals surface area contributed by atoms with E-state index in [1.54, 1.807) is 23.9 Å². The molecule has 3 N–H and O–H groups in total. The molecule has 2 heterocycles. The lowest BCUT2D eigenvalue weighted by atomic mass is 10.1. The molecule has 1 fully saturated rings. The van der Waals surface area contributed by atoms with Crippen LogP contribution in [-0.2, 0) is 7.05 Å². The van der Waals surface area contributed by atoms with E-state index in [2.05, 4.69) is 20.4 Å². The van der Waals surface area contributed by atoms with E-state index < -0.39 is 5.82 Å². The number of aryl methyl sites for hydroxylation is 1. The average molecular weight is 361 g/mol. The normalized spacial score (nSPS) is 15.2. The van der Waals surface area contributed by atoms with Crippen molar-refractivity contribution >= 4 is 34.4 Å². The Morgan fingerprint density at radius 2 is 2.04 bits per heavy atom. The van der Waals surface area contributed by atoms with Gasteiger partial charge in [-0.15, -0.1) is 0 Å². The van der Waals surface area contributed by atoms with Crippen LogP contribution < -0.4 is 11.1 Å². The molecule has 0 saturated heterocycles. The van der Waals surface area contributed by atoms with Crippen molar-refractivity contribution in [3.63, 3.8) is 0 Å². The molecule has 1 saturated carbocycles. The van der Waals surface area contributed by atoms with Crippen LogP contribution in [0.2, 0.25) is 5.02 Å². The van der Waals surface area contributed by atoms with Gasteiger partial charge in [0.05, 0.1) is 16.1 Å². The first-order valence-corrected chi connectivity index (χ1v) is 8.63. The lowest BCUT2D eigenvalue weighted by Gasteiger charge is -2.13. The summed E-state index contributed by atoms with van der Waals surface area (Å²) in [5.74, 6) is 0.491. The molecule has 0 amide bonds. The summed E-state index contributed by atoms with van der Waals surface area (Å²) in [6.45, 7) is 0. The Hall–Kier alpha value is -2.41. The van der Waals surface area contributed by atoms with E-state index in [1.807, 2.05) is 0 Å². The van der Waals surface area contributed by atoms with E-state index in [-0.39, 0.29) is 5.02 Å². The van der Waals surface area contributed by atoms with E-state index in [9.17, 15) is 4.39 Å². The molecule has 0 bridgehead atoms. The number of hydrogen-bond donors (Lipinski definition) is 2. The predicted octanol–water partition coefficient (Wildman–Crippen LogP) is 3.76. The van der Waals surface area contributed by atoms with Gasteiger partial charge in [-0.1, -0.05) is 24.4 Å². The summed E-state index contributed by atoms with van der Waals surface area (Å²) >= 11 is 5.95. The van der Waals surface area contributed by atoms with Gasteiger partial charge in [0.1, 0.15) is 11.6 Å². The fourth-order valence-corrected chi connectivity index (χ4v) is 3.47. The Morgan fingerprint density at radius 1 is 1.28 bits per heavy atom. The summed E-state index contributed by atoms with van der Waals surface area (Å²) in [6.07, 6.45) is 4.61. The highest BCUT2D eigenvalue weighted by Gasteiger charge is 2.20. The third-order valence-corrected chi connectivity index (χ3v) is 4.91. The minimum absolute atomic E-state index is 0.0389.